The Morgan fingerprint density at radius 2 is 2.20 bits per heavy atom. The van der Waals surface area contributed by atoms with Crippen molar-refractivity contribution in [2.75, 3.05) is 26.7 Å². The van der Waals surface area contributed by atoms with Crippen LogP contribution in [-0.4, -0.2) is 48.4 Å². The van der Waals surface area contributed by atoms with Crippen molar-refractivity contribution in [2.45, 2.75) is 25.8 Å². The number of halogens is 2. The van der Waals surface area contributed by atoms with Gasteiger partial charge in [0, 0.05) is 29.2 Å². The van der Waals surface area contributed by atoms with Gasteiger partial charge in [-0.05, 0) is 60.6 Å². The van der Waals surface area contributed by atoms with Crippen LogP contribution in [-0.2, 0) is 0 Å². The van der Waals surface area contributed by atoms with Crippen LogP contribution in [0, 0.1) is 0 Å². The van der Waals surface area contributed by atoms with E-state index in [1.165, 1.54) is 0 Å². The van der Waals surface area contributed by atoms with E-state index in [0.29, 0.717) is 10.6 Å². The Morgan fingerprint density at radius 1 is 1.45 bits per heavy atom. The van der Waals surface area contributed by atoms with E-state index in [9.17, 15) is 4.79 Å². The number of carbonyl (C=O) groups is 1. The molecule has 0 spiro atoms. The number of carbonyl (C=O) groups excluding carboxylic acids is 1. The molecule has 0 aliphatic carbocycles. The Morgan fingerprint density at radius 3 is 2.85 bits per heavy atom. The number of benzene rings is 1. The Bertz CT molecular complexity index is 495. The van der Waals surface area contributed by atoms with Crippen LogP contribution in [0.3, 0.4) is 0 Å². The monoisotopic (exact) mass is 358 g/mol. The van der Waals surface area contributed by atoms with Crippen molar-refractivity contribution >= 4 is 33.4 Å². The molecule has 3 nitrogen and oxygen atoms in total. The summed E-state index contributed by atoms with van der Waals surface area (Å²) in [6, 6.07) is 5.66. The fourth-order valence-electron chi connectivity index (χ4n) is 2.66. The van der Waals surface area contributed by atoms with Crippen molar-refractivity contribution in [3.8, 4) is 0 Å². The molecule has 1 fully saturated rings. The normalized spacial score (nSPS) is 20.8. The smallest absolute Gasteiger partial charge is 0.254 e. The summed E-state index contributed by atoms with van der Waals surface area (Å²) >= 11 is 9.38. The Kier molecular flexibility index (Phi) is 5.47. The number of nitrogens with zero attached hydrogens (tertiary/aromatic N) is 2. The van der Waals surface area contributed by atoms with Gasteiger partial charge in [-0.3, -0.25) is 4.79 Å². The summed E-state index contributed by atoms with van der Waals surface area (Å²) in [4.78, 5) is 17.1. The molecule has 1 aliphatic heterocycles. The summed E-state index contributed by atoms with van der Waals surface area (Å²) in [5.41, 5.74) is 0.698. The number of hydrogen-bond acceptors (Lipinski definition) is 2. The summed E-state index contributed by atoms with van der Waals surface area (Å²) < 4.78 is 0.769. The van der Waals surface area contributed by atoms with E-state index >= 15 is 0 Å². The van der Waals surface area contributed by atoms with Crippen molar-refractivity contribution in [2.24, 2.45) is 0 Å². The van der Waals surface area contributed by atoms with Crippen LogP contribution in [0.4, 0.5) is 0 Å². The molecule has 110 valence electrons. The van der Waals surface area contributed by atoms with Crippen LogP contribution in [0.1, 0.15) is 30.1 Å². The molecule has 1 amide bonds. The van der Waals surface area contributed by atoms with Gasteiger partial charge >= 0.3 is 0 Å². The van der Waals surface area contributed by atoms with Gasteiger partial charge < -0.3 is 9.80 Å². The van der Waals surface area contributed by atoms with Crippen molar-refractivity contribution in [3.05, 3.63) is 33.3 Å². The fourth-order valence-corrected chi connectivity index (χ4v) is 3.15. The molecule has 0 N–H and O–H groups in total. The molecule has 1 unspecified atom stereocenters. The van der Waals surface area contributed by atoms with Crippen molar-refractivity contribution < 1.29 is 4.79 Å². The predicted octanol–water partition coefficient (Wildman–Crippen LogP) is 3.66. The lowest BCUT2D eigenvalue weighted by Crippen LogP contribution is -2.43. The van der Waals surface area contributed by atoms with Gasteiger partial charge in [-0.15, -0.1) is 0 Å². The van der Waals surface area contributed by atoms with E-state index in [0.717, 1.165) is 36.9 Å². The summed E-state index contributed by atoms with van der Waals surface area (Å²) in [7, 11) is 2.12. The van der Waals surface area contributed by atoms with Gasteiger partial charge in [0.2, 0.25) is 0 Å². The molecule has 20 heavy (non-hydrogen) atoms. The molecule has 2 rings (SSSR count). The average molecular weight is 360 g/mol. The van der Waals surface area contributed by atoms with Crippen LogP contribution >= 0.6 is 27.5 Å². The van der Waals surface area contributed by atoms with Gasteiger partial charge in [0.05, 0.1) is 5.02 Å². The van der Waals surface area contributed by atoms with E-state index in [1.807, 2.05) is 11.0 Å². The third kappa shape index (κ3) is 3.54. The third-order valence-electron chi connectivity index (χ3n) is 3.80. The second-order valence-corrected chi connectivity index (χ2v) is 6.57. The summed E-state index contributed by atoms with van der Waals surface area (Å²) in [6.45, 7) is 4.95. The zero-order valence-corrected chi connectivity index (χ0v) is 14.2. The second-order valence-electron chi connectivity index (χ2n) is 5.31. The lowest BCUT2D eigenvalue weighted by atomic mass is 10.1. The topological polar surface area (TPSA) is 23.6 Å². The molecule has 1 aliphatic rings. The van der Waals surface area contributed by atoms with Gasteiger partial charge in [0.15, 0.2) is 0 Å². The van der Waals surface area contributed by atoms with E-state index in [1.54, 1.807) is 12.1 Å². The molecule has 1 aromatic carbocycles. The Labute approximate surface area is 134 Å². The molecule has 5 heteroatoms. The lowest BCUT2D eigenvalue weighted by Gasteiger charge is -2.30. The van der Waals surface area contributed by atoms with E-state index in [4.69, 9.17) is 11.6 Å². The van der Waals surface area contributed by atoms with Gasteiger partial charge in [-0.25, -0.2) is 0 Å². The zero-order chi connectivity index (χ0) is 14.7. The minimum absolute atomic E-state index is 0.101. The van der Waals surface area contributed by atoms with Crippen LogP contribution in [0.2, 0.25) is 5.02 Å². The molecule has 0 radical (unpaired) electrons. The highest BCUT2D eigenvalue weighted by Crippen LogP contribution is 2.25. The van der Waals surface area contributed by atoms with Crippen molar-refractivity contribution in [1.29, 1.82) is 0 Å². The molecule has 1 atom stereocenters. The van der Waals surface area contributed by atoms with Crippen LogP contribution in [0.25, 0.3) is 0 Å². The molecular formula is C15H20BrClN2O. The van der Waals surface area contributed by atoms with Crippen LogP contribution in [0.15, 0.2) is 22.7 Å². The van der Waals surface area contributed by atoms with Gasteiger partial charge in [-0.2, -0.15) is 0 Å². The summed E-state index contributed by atoms with van der Waals surface area (Å²) in [5.74, 6) is 0.101. The molecule has 0 bridgehead atoms. The highest BCUT2D eigenvalue weighted by atomic mass is 79.9. The first-order chi connectivity index (χ1) is 9.52. The molecule has 0 aromatic heterocycles. The van der Waals surface area contributed by atoms with Crippen LogP contribution < -0.4 is 0 Å². The Balaban J connectivity index is 2.23. The van der Waals surface area contributed by atoms with E-state index in [2.05, 4.69) is 34.8 Å². The summed E-state index contributed by atoms with van der Waals surface area (Å²) in [5, 5.41) is 0.629. The van der Waals surface area contributed by atoms with Gasteiger partial charge in [0.1, 0.15) is 0 Å². The third-order valence-corrected chi connectivity index (χ3v) is 5.01. The molecule has 1 aromatic rings. The number of hydrogen-bond donors (Lipinski definition) is 0. The standard InChI is InChI=1S/C15H20BrClN2O/c1-3-12-10-18(2)7-4-8-19(12)15(20)11-5-6-14(17)13(16)9-11/h5-6,9,12H,3-4,7-8,10H2,1-2H3. The maximum absolute atomic E-state index is 12.7. The first kappa shape index (κ1) is 15.8. The molecule has 1 saturated heterocycles. The average Bonchev–Trinajstić information content (AvgIpc) is 2.62. The second kappa shape index (κ2) is 6.92. The maximum Gasteiger partial charge on any atom is 0.254 e. The molecular weight excluding hydrogens is 340 g/mol. The number of rotatable bonds is 2. The maximum atomic E-state index is 12.7. The van der Waals surface area contributed by atoms with Crippen molar-refractivity contribution in [1.82, 2.24) is 9.80 Å². The van der Waals surface area contributed by atoms with Gasteiger partial charge in [0.25, 0.3) is 5.91 Å². The highest BCUT2D eigenvalue weighted by Gasteiger charge is 2.26. The number of amides is 1. The molecule has 1 heterocycles. The fraction of sp³-hybridized carbons (Fsp3) is 0.533. The minimum atomic E-state index is 0.101. The van der Waals surface area contributed by atoms with Crippen LogP contribution in [0.5, 0.6) is 0 Å². The van der Waals surface area contributed by atoms with Gasteiger partial charge in [-0.1, -0.05) is 18.5 Å². The minimum Gasteiger partial charge on any atom is -0.334 e. The van der Waals surface area contributed by atoms with E-state index < -0.39 is 0 Å². The lowest BCUT2D eigenvalue weighted by molar-refractivity contribution is 0.0675. The highest BCUT2D eigenvalue weighted by molar-refractivity contribution is 9.10. The SMILES string of the molecule is CCC1CN(C)CCCN1C(=O)c1ccc(Cl)c(Br)c1. The zero-order valence-electron chi connectivity index (χ0n) is 11.9. The quantitative estimate of drug-likeness (QED) is 0.804. The summed E-state index contributed by atoms with van der Waals surface area (Å²) in [6.07, 6.45) is 2.00. The largest absolute Gasteiger partial charge is 0.334 e. The Hall–Kier alpha value is -0.580. The van der Waals surface area contributed by atoms with E-state index in [-0.39, 0.29) is 11.9 Å². The van der Waals surface area contributed by atoms with Crippen molar-refractivity contribution in [3.63, 3.8) is 0 Å². The number of likely N-dealkylation sites (N-methyl/N-ethyl adjacent to an activating group) is 1. The first-order valence-electron chi connectivity index (χ1n) is 6.97. The first-order valence-corrected chi connectivity index (χ1v) is 8.14. The molecule has 0 saturated carbocycles. The predicted molar refractivity (Wildman–Crippen MR) is 86.4 cm³/mol.